The van der Waals surface area contributed by atoms with Crippen LogP contribution >= 0.6 is 0 Å². The summed E-state index contributed by atoms with van der Waals surface area (Å²) in [7, 11) is 4.16. The second-order valence-electron chi connectivity index (χ2n) is 4.50. The van der Waals surface area contributed by atoms with Crippen LogP contribution in [-0.2, 0) is 14.1 Å². The van der Waals surface area contributed by atoms with Crippen LogP contribution in [0.3, 0.4) is 0 Å². The van der Waals surface area contributed by atoms with Gasteiger partial charge in [0.15, 0.2) is 0 Å². The second-order valence-corrected chi connectivity index (χ2v) is 4.50. The van der Waals surface area contributed by atoms with Gasteiger partial charge in [-0.3, -0.25) is 0 Å². The van der Waals surface area contributed by atoms with Gasteiger partial charge >= 0.3 is 0 Å². The topological polar surface area (TPSA) is 13.2 Å². The summed E-state index contributed by atoms with van der Waals surface area (Å²) in [4.78, 5) is 0. The highest BCUT2D eigenvalue weighted by atomic mass is 15.1. The van der Waals surface area contributed by atoms with Gasteiger partial charge in [0, 0.05) is 17.9 Å². The van der Waals surface area contributed by atoms with E-state index in [0.717, 1.165) is 0 Å². The van der Waals surface area contributed by atoms with Crippen molar-refractivity contribution in [3.63, 3.8) is 0 Å². The Balaban J connectivity index is 2.34. The molecule has 0 amide bonds. The first kappa shape index (κ1) is 10.1. The minimum Gasteiger partial charge on any atom is -0.324 e. The lowest BCUT2D eigenvalue weighted by Crippen LogP contribution is -2.29. The molecule has 0 spiro atoms. The first-order valence-corrected chi connectivity index (χ1v) is 5.76. The molecule has 0 saturated heterocycles. The molecule has 3 heterocycles. The van der Waals surface area contributed by atoms with Crippen molar-refractivity contribution in [2.45, 2.75) is 6.92 Å². The van der Waals surface area contributed by atoms with Gasteiger partial charge in [-0.1, -0.05) is 0 Å². The SMILES string of the molecule is Cc1c(-c2n(C)cc[n+]2C)ccn2cccc12. The molecule has 86 valence electrons. The van der Waals surface area contributed by atoms with E-state index < -0.39 is 0 Å². The number of aromatic nitrogens is 3. The Kier molecular flexibility index (Phi) is 2.08. The highest BCUT2D eigenvalue weighted by Crippen LogP contribution is 2.23. The summed E-state index contributed by atoms with van der Waals surface area (Å²) in [5, 5.41) is 0. The quantitative estimate of drug-likeness (QED) is 0.564. The Morgan fingerprint density at radius 3 is 2.65 bits per heavy atom. The number of aryl methyl sites for hydroxylation is 3. The maximum Gasteiger partial charge on any atom is 0.288 e. The van der Waals surface area contributed by atoms with E-state index in [4.69, 9.17) is 0 Å². The van der Waals surface area contributed by atoms with E-state index in [0.29, 0.717) is 0 Å². The third-order valence-electron chi connectivity index (χ3n) is 3.39. The largest absolute Gasteiger partial charge is 0.324 e. The molecule has 0 unspecified atom stereocenters. The van der Waals surface area contributed by atoms with Gasteiger partial charge in [0.2, 0.25) is 0 Å². The molecule has 3 rings (SSSR count). The zero-order valence-electron chi connectivity index (χ0n) is 10.4. The summed E-state index contributed by atoms with van der Waals surface area (Å²) in [5.41, 5.74) is 3.87. The molecule has 0 aliphatic carbocycles. The lowest BCUT2D eigenvalue weighted by molar-refractivity contribution is -0.659. The van der Waals surface area contributed by atoms with Gasteiger partial charge in [0.05, 0.1) is 19.7 Å². The van der Waals surface area contributed by atoms with E-state index in [-0.39, 0.29) is 0 Å². The van der Waals surface area contributed by atoms with E-state index in [1.54, 1.807) is 0 Å². The van der Waals surface area contributed by atoms with Crippen molar-refractivity contribution in [3.05, 3.63) is 48.5 Å². The zero-order chi connectivity index (χ0) is 12.0. The summed E-state index contributed by atoms with van der Waals surface area (Å²) in [6.07, 6.45) is 8.36. The minimum atomic E-state index is 1.23. The fourth-order valence-corrected chi connectivity index (χ4v) is 2.47. The second kappa shape index (κ2) is 3.48. The van der Waals surface area contributed by atoms with Crippen molar-refractivity contribution >= 4 is 5.52 Å². The van der Waals surface area contributed by atoms with Crippen LogP contribution in [-0.4, -0.2) is 8.97 Å². The van der Waals surface area contributed by atoms with E-state index in [1.807, 2.05) is 0 Å². The van der Waals surface area contributed by atoms with Crippen molar-refractivity contribution in [1.82, 2.24) is 8.97 Å². The monoisotopic (exact) mass is 226 g/mol. The number of fused-ring (bicyclic) bond motifs is 1. The number of pyridine rings is 1. The summed E-state index contributed by atoms with van der Waals surface area (Å²) >= 11 is 0. The Hall–Kier alpha value is -2.03. The highest BCUT2D eigenvalue weighted by Gasteiger charge is 2.17. The smallest absolute Gasteiger partial charge is 0.288 e. The molecule has 0 aliphatic heterocycles. The molecular formula is C14H16N3+. The number of imidazole rings is 1. The number of hydrogen-bond donors (Lipinski definition) is 0. The van der Waals surface area contributed by atoms with Gasteiger partial charge in [-0.25, -0.2) is 9.13 Å². The van der Waals surface area contributed by atoms with Crippen LogP contribution in [0.1, 0.15) is 5.56 Å². The maximum atomic E-state index is 2.18. The van der Waals surface area contributed by atoms with Crippen molar-refractivity contribution in [2.75, 3.05) is 0 Å². The molecule has 0 bridgehead atoms. The average Bonchev–Trinajstić information content (AvgIpc) is 2.89. The minimum absolute atomic E-state index is 1.23. The van der Waals surface area contributed by atoms with Crippen molar-refractivity contribution in [2.24, 2.45) is 14.1 Å². The van der Waals surface area contributed by atoms with Crippen LogP contribution in [0.2, 0.25) is 0 Å². The predicted octanol–water partition coefficient (Wildman–Crippen LogP) is 2.08. The molecule has 0 fully saturated rings. The Morgan fingerprint density at radius 2 is 1.94 bits per heavy atom. The summed E-state index contributed by atoms with van der Waals surface area (Å²) in [6, 6.07) is 6.41. The molecule has 3 aromatic rings. The molecule has 0 saturated carbocycles. The summed E-state index contributed by atoms with van der Waals surface area (Å²) in [6.45, 7) is 2.18. The fourth-order valence-electron chi connectivity index (χ4n) is 2.47. The van der Waals surface area contributed by atoms with Crippen molar-refractivity contribution < 1.29 is 4.57 Å². The number of nitrogens with zero attached hydrogens (tertiary/aromatic N) is 3. The third-order valence-corrected chi connectivity index (χ3v) is 3.39. The van der Waals surface area contributed by atoms with E-state index >= 15 is 0 Å². The van der Waals surface area contributed by atoms with Gasteiger partial charge < -0.3 is 4.40 Å². The third kappa shape index (κ3) is 1.39. The van der Waals surface area contributed by atoms with Gasteiger partial charge in [-0.05, 0) is 30.7 Å². The molecule has 3 aromatic heterocycles. The van der Waals surface area contributed by atoms with Crippen LogP contribution in [0.25, 0.3) is 16.9 Å². The van der Waals surface area contributed by atoms with Crippen LogP contribution in [0.15, 0.2) is 43.0 Å². The van der Waals surface area contributed by atoms with Crippen LogP contribution in [0.5, 0.6) is 0 Å². The first-order valence-electron chi connectivity index (χ1n) is 5.76. The summed E-state index contributed by atoms with van der Waals surface area (Å²) in [5.74, 6) is 1.23. The maximum absolute atomic E-state index is 2.18. The highest BCUT2D eigenvalue weighted by molar-refractivity contribution is 5.70. The molecule has 0 radical (unpaired) electrons. The van der Waals surface area contributed by atoms with Gasteiger partial charge in [-0.15, -0.1) is 0 Å². The lowest BCUT2D eigenvalue weighted by Gasteiger charge is -2.06. The first-order chi connectivity index (χ1) is 8.18. The Bertz CT molecular complexity index is 669. The molecule has 3 heteroatoms. The van der Waals surface area contributed by atoms with Gasteiger partial charge in [0.25, 0.3) is 5.82 Å². The lowest BCUT2D eigenvalue weighted by atomic mass is 10.1. The van der Waals surface area contributed by atoms with E-state index in [2.05, 4.69) is 77.5 Å². The molecule has 0 aliphatic rings. The molecule has 0 aromatic carbocycles. The van der Waals surface area contributed by atoms with E-state index in [9.17, 15) is 0 Å². The van der Waals surface area contributed by atoms with Crippen LogP contribution in [0.4, 0.5) is 0 Å². The standard InChI is InChI=1S/C14H16N3/c1-11-12(14-15(2)9-10-16(14)3)6-8-17-7-4-5-13(11)17/h4-10H,1-3H3/q+1. The number of rotatable bonds is 1. The predicted molar refractivity (Wildman–Crippen MR) is 67.7 cm³/mol. The summed E-state index contributed by atoms with van der Waals surface area (Å²) < 4.78 is 6.46. The van der Waals surface area contributed by atoms with Gasteiger partial charge in [0.1, 0.15) is 12.4 Å². The fraction of sp³-hybridized carbons (Fsp3) is 0.214. The van der Waals surface area contributed by atoms with Crippen LogP contribution in [0, 0.1) is 6.92 Å². The normalized spacial score (nSPS) is 11.2. The molecule has 0 atom stereocenters. The Labute approximate surface area is 101 Å². The van der Waals surface area contributed by atoms with E-state index in [1.165, 1.54) is 22.5 Å². The number of hydrogen-bond acceptors (Lipinski definition) is 0. The van der Waals surface area contributed by atoms with Gasteiger partial charge in [-0.2, -0.15) is 0 Å². The molecule has 0 N–H and O–H groups in total. The van der Waals surface area contributed by atoms with Crippen molar-refractivity contribution in [1.29, 1.82) is 0 Å². The average molecular weight is 226 g/mol. The molecule has 3 nitrogen and oxygen atoms in total. The Morgan fingerprint density at radius 1 is 1.12 bits per heavy atom. The van der Waals surface area contributed by atoms with Crippen LogP contribution < -0.4 is 4.57 Å². The zero-order valence-corrected chi connectivity index (χ0v) is 10.4. The van der Waals surface area contributed by atoms with Crippen molar-refractivity contribution in [3.8, 4) is 11.4 Å². The molecule has 17 heavy (non-hydrogen) atoms. The molecular weight excluding hydrogens is 210 g/mol.